The first-order valence-electron chi connectivity index (χ1n) is 8.95. The summed E-state index contributed by atoms with van der Waals surface area (Å²) in [7, 11) is 0. The molecule has 1 atom stereocenters. The molecule has 0 radical (unpaired) electrons. The molecule has 2 aromatic rings. The third kappa shape index (κ3) is 3.64. The van der Waals surface area contributed by atoms with Crippen molar-refractivity contribution in [2.75, 3.05) is 6.54 Å². The van der Waals surface area contributed by atoms with Crippen LogP contribution < -0.4 is 5.32 Å². The lowest BCUT2D eigenvalue weighted by molar-refractivity contribution is -0.123. The Morgan fingerprint density at radius 1 is 1.35 bits per heavy atom. The van der Waals surface area contributed by atoms with Gasteiger partial charge in [-0.1, -0.05) is 24.3 Å². The van der Waals surface area contributed by atoms with Gasteiger partial charge >= 0.3 is 6.09 Å². The zero-order chi connectivity index (χ0) is 18.9. The molecule has 2 amide bonds. The second-order valence-electron chi connectivity index (χ2n) is 7.48. The molecular formula is C20H25N3O3. The van der Waals surface area contributed by atoms with E-state index in [9.17, 15) is 14.7 Å². The Hall–Kier alpha value is -2.63. The zero-order valence-electron chi connectivity index (χ0n) is 15.5. The topological polar surface area (TPSA) is 82.5 Å². The van der Waals surface area contributed by atoms with Crippen LogP contribution in [0.25, 0.3) is 10.8 Å². The second-order valence-corrected chi connectivity index (χ2v) is 7.48. The van der Waals surface area contributed by atoms with Crippen LogP contribution in [0.1, 0.15) is 44.5 Å². The van der Waals surface area contributed by atoms with Crippen LogP contribution in [0.15, 0.2) is 30.3 Å². The smallest absolute Gasteiger partial charge is 0.407 e. The summed E-state index contributed by atoms with van der Waals surface area (Å²) in [4.78, 5) is 29.9. The monoisotopic (exact) mass is 355 g/mol. The molecule has 3 rings (SSSR count). The lowest BCUT2D eigenvalue weighted by atomic mass is 9.93. The van der Waals surface area contributed by atoms with Gasteiger partial charge in [-0.15, -0.1) is 0 Å². The zero-order valence-corrected chi connectivity index (χ0v) is 15.5. The number of pyridine rings is 1. The van der Waals surface area contributed by atoms with Crippen molar-refractivity contribution in [3.8, 4) is 0 Å². The molecule has 6 heteroatoms. The van der Waals surface area contributed by atoms with Crippen LogP contribution in [-0.2, 0) is 10.3 Å². The number of hydrogen-bond donors (Lipinski definition) is 2. The van der Waals surface area contributed by atoms with Crippen molar-refractivity contribution in [3.63, 3.8) is 0 Å². The Labute approximate surface area is 153 Å². The van der Waals surface area contributed by atoms with Gasteiger partial charge in [-0.3, -0.25) is 9.78 Å². The minimum Gasteiger partial charge on any atom is -0.465 e. The molecule has 1 aromatic heterocycles. The number of carboxylic acid groups (broad SMARTS) is 1. The van der Waals surface area contributed by atoms with Gasteiger partial charge in [-0.05, 0) is 45.1 Å². The minimum absolute atomic E-state index is 0.152. The van der Waals surface area contributed by atoms with Gasteiger partial charge in [0.25, 0.3) is 0 Å². The van der Waals surface area contributed by atoms with Crippen molar-refractivity contribution >= 4 is 22.8 Å². The fourth-order valence-corrected chi connectivity index (χ4v) is 3.78. The Balaban J connectivity index is 1.81. The summed E-state index contributed by atoms with van der Waals surface area (Å²) in [6.07, 6.45) is 0.758. The predicted octanol–water partition coefficient (Wildman–Crippen LogP) is 3.43. The lowest BCUT2D eigenvalue weighted by Gasteiger charge is -2.29. The van der Waals surface area contributed by atoms with Gasteiger partial charge in [-0.25, -0.2) is 4.79 Å². The largest absolute Gasteiger partial charge is 0.465 e. The molecule has 2 N–H and O–H groups in total. The van der Waals surface area contributed by atoms with Crippen molar-refractivity contribution < 1.29 is 14.7 Å². The number of fused-ring (bicyclic) bond motifs is 1. The molecule has 1 fully saturated rings. The maximum absolute atomic E-state index is 12.6. The van der Waals surface area contributed by atoms with Crippen LogP contribution in [-0.4, -0.2) is 39.6 Å². The number of carbonyl (C=O) groups is 2. The van der Waals surface area contributed by atoms with Gasteiger partial charge in [0, 0.05) is 30.1 Å². The Kier molecular flexibility index (Phi) is 4.85. The average molecular weight is 355 g/mol. The van der Waals surface area contributed by atoms with E-state index in [4.69, 9.17) is 0 Å². The van der Waals surface area contributed by atoms with E-state index in [1.807, 2.05) is 51.1 Å². The summed E-state index contributed by atoms with van der Waals surface area (Å²) in [5.41, 5.74) is 1.06. The van der Waals surface area contributed by atoms with E-state index in [0.717, 1.165) is 35.0 Å². The third-order valence-electron chi connectivity index (χ3n) is 4.96. The summed E-state index contributed by atoms with van der Waals surface area (Å²) < 4.78 is 0. The number of aryl methyl sites for hydroxylation is 1. The first-order valence-corrected chi connectivity index (χ1v) is 8.95. The Morgan fingerprint density at radius 3 is 2.81 bits per heavy atom. The molecule has 0 spiro atoms. The molecule has 6 nitrogen and oxygen atoms in total. The quantitative estimate of drug-likeness (QED) is 0.880. The van der Waals surface area contributed by atoms with Crippen LogP contribution in [0.5, 0.6) is 0 Å². The number of nitrogens with zero attached hydrogens (tertiary/aromatic N) is 2. The molecule has 138 valence electrons. The summed E-state index contributed by atoms with van der Waals surface area (Å²) >= 11 is 0. The average Bonchev–Trinajstić information content (AvgIpc) is 3.01. The molecule has 1 unspecified atom stereocenters. The fraction of sp³-hybridized carbons (Fsp3) is 0.450. The highest BCUT2D eigenvalue weighted by atomic mass is 16.4. The van der Waals surface area contributed by atoms with Crippen LogP contribution in [0.2, 0.25) is 0 Å². The van der Waals surface area contributed by atoms with E-state index in [2.05, 4.69) is 10.3 Å². The normalized spacial score (nSPS) is 17.5. The van der Waals surface area contributed by atoms with E-state index >= 15 is 0 Å². The van der Waals surface area contributed by atoms with Gasteiger partial charge in [0.05, 0.1) is 11.2 Å². The molecule has 1 saturated heterocycles. The molecule has 26 heavy (non-hydrogen) atoms. The van der Waals surface area contributed by atoms with E-state index in [0.29, 0.717) is 6.54 Å². The van der Waals surface area contributed by atoms with Gasteiger partial charge < -0.3 is 15.3 Å². The molecule has 1 aromatic carbocycles. The summed E-state index contributed by atoms with van der Waals surface area (Å²) in [5, 5.41) is 14.4. The van der Waals surface area contributed by atoms with Gasteiger partial charge in [0.1, 0.15) is 0 Å². The summed E-state index contributed by atoms with van der Waals surface area (Å²) in [6.45, 7) is 6.31. The minimum atomic E-state index is -0.953. The SMILES string of the molecule is Cc1cc2ccccc2c(C(C)(C)NC(=O)CC2CCCN2C(=O)O)n1. The van der Waals surface area contributed by atoms with Crippen molar-refractivity contribution in [2.24, 2.45) is 0 Å². The van der Waals surface area contributed by atoms with Crippen molar-refractivity contribution in [3.05, 3.63) is 41.7 Å². The molecule has 1 aliphatic rings. The Morgan fingerprint density at radius 2 is 2.08 bits per heavy atom. The van der Waals surface area contributed by atoms with Crippen LogP contribution >= 0.6 is 0 Å². The van der Waals surface area contributed by atoms with Crippen LogP contribution in [0, 0.1) is 6.92 Å². The maximum atomic E-state index is 12.6. The number of aromatic nitrogens is 1. The molecule has 0 saturated carbocycles. The number of nitrogens with one attached hydrogen (secondary N) is 1. The van der Waals surface area contributed by atoms with Crippen molar-refractivity contribution in [2.45, 2.75) is 51.6 Å². The summed E-state index contributed by atoms with van der Waals surface area (Å²) in [6, 6.07) is 9.77. The van der Waals surface area contributed by atoms with Crippen LogP contribution in [0.4, 0.5) is 4.79 Å². The maximum Gasteiger partial charge on any atom is 0.407 e. The number of likely N-dealkylation sites (tertiary alicyclic amines) is 1. The van der Waals surface area contributed by atoms with E-state index in [1.165, 1.54) is 4.90 Å². The highest BCUT2D eigenvalue weighted by molar-refractivity contribution is 5.86. The number of rotatable bonds is 4. The Bertz CT molecular complexity index is 847. The van der Waals surface area contributed by atoms with Crippen LogP contribution in [0.3, 0.4) is 0 Å². The summed E-state index contributed by atoms with van der Waals surface area (Å²) in [5.74, 6) is -0.152. The first-order chi connectivity index (χ1) is 12.3. The highest BCUT2D eigenvalue weighted by Gasteiger charge is 2.33. The standard InChI is InChI=1S/C20H25N3O3/c1-13-11-14-7-4-5-9-16(14)18(21-13)20(2,3)22-17(24)12-15-8-6-10-23(15)19(25)26/h4-5,7,9,11,15H,6,8,10,12H2,1-3H3,(H,22,24)(H,25,26). The molecule has 2 heterocycles. The number of hydrogen-bond acceptors (Lipinski definition) is 3. The van der Waals surface area contributed by atoms with Gasteiger partial charge in [-0.2, -0.15) is 0 Å². The fourth-order valence-electron chi connectivity index (χ4n) is 3.78. The van der Waals surface area contributed by atoms with Gasteiger partial charge in [0.2, 0.25) is 5.91 Å². The molecular weight excluding hydrogens is 330 g/mol. The van der Waals surface area contributed by atoms with E-state index < -0.39 is 11.6 Å². The molecule has 0 bridgehead atoms. The second kappa shape index (κ2) is 6.94. The van der Waals surface area contributed by atoms with Crippen molar-refractivity contribution in [1.82, 2.24) is 15.2 Å². The predicted molar refractivity (Wildman–Crippen MR) is 100 cm³/mol. The first kappa shape index (κ1) is 18.2. The lowest BCUT2D eigenvalue weighted by Crippen LogP contribution is -2.45. The number of amides is 2. The molecule has 0 aliphatic carbocycles. The molecule has 1 aliphatic heterocycles. The van der Waals surface area contributed by atoms with E-state index in [1.54, 1.807) is 0 Å². The number of carbonyl (C=O) groups excluding carboxylic acids is 1. The number of benzene rings is 1. The van der Waals surface area contributed by atoms with E-state index in [-0.39, 0.29) is 18.4 Å². The van der Waals surface area contributed by atoms with Gasteiger partial charge in [0.15, 0.2) is 0 Å². The van der Waals surface area contributed by atoms with Crippen molar-refractivity contribution in [1.29, 1.82) is 0 Å². The highest BCUT2D eigenvalue weighted by Crippen LogP contribution is 2.28. The third-order valence-corrected chi connectivity index (χ3v) is 4.96.